The molecule has 0 bridgehead atoms. The van der Waals surface area contributed by atoms with E-state index in [0.29, 0.717) is 18.0 Å². The number of benzene rings is 1. The van der Waals surface area contributed by atoms with Crippen LogP contribution < -0.4 is 5.32 Å². The molecule has 16 heavy (non-hydrogen) atoms. The number of hydrogen-bond acceptors (Lipinski definition) is 1. The maximum absolute atomic E-state index is 12.8. The third kappa shape index (κ3) is 3.83. The minimum absolute atomic E-state index is 0.0658. The van der Waals surface area contributed by atoms with Crippen LogP contribution in [0.4, 0.5) is 4.39 Å². The molecule has 1 rings (SSSR count). The molecule has 0 aromatic heterocycles. The molecule has 0 aliphatic carbocycles. The van der Waals surface area contributed by atoms with Crippen molar-refractivity contribution in [2.24, 2.45) is 0 Å². The first-order valence-corrected chi connectivity index (χ1v) is 5.50. The number of amides is 1. The van der Waals surface area contributed by atoms with Gasteiger partial charge in [-0.15, -0.1) is 11.6 Å². The largest absolute Gasteiger partial charge is 0.349 e. The summed E-state index contributed by atoms with van der Waals surface area (Å²) in [5.74, 6) is -0.445. The monoisotopic (exact) mass is 261 g/mol. The predicted octanol–water partition coefficient (Wildman–Crippen LogP) is 3.00. The normalized spacial score (nSPS) is 10.7. The fourth-order valence-electron chi connectivity index (χ4n) is 1.04. The van der Waals surface area contributed by atoms with Crippen molar-refractivity contribution in [2.45, 2.75) is 0 Å². The topological polar surface area (TPSA) is 29.1 Å². The van der Waals surface area contributed by atoms with Crippen molar-refractivity contribution in [2.75, 3.05) is 12.4 Å². The van der Waals surface area contributed by atoms with Crippen molar-refractivity contribution in [3.63, 3.8) is 0 Å². The zero-order valence-corrected chi connectivity index (χ0v) is 9.85. The number of hydrogen-bond donors (Lipinski definition) is 1. The molecular weight excluding hydrogens is 252 g/mol. The van der Waals surface area contributed by atoms with Crippen molar-refractivity contribution < 1.29 is 9.18 Å². The van der Waals surface area contributed by atoms with E-state index < -0.39 is 5.82 Å². The zero-order valence-electron chi connectivity index (χ0n) is 8.34. The summed E-state index contributed by atoms with van der Waals surface area (Å²) >= 11 is 11.0. The number of rotatable bonds is 4. The summed E-state index contributed by atoms with van der Waals surface area (Å²) in [7, 11) is 0. The first-order chi connectivity index (χ1) is 7.65. The molecule has 5 heteroatoms. The highest BCUT2D eigenvalue weighted by Gasteiger charge is 2.07. The third-order valence-electron chi connectivity index (χ3n) is 1.82. The summed E-state index contributed by atoms with van der Waals surface area (Å²) in [6, 6.07) is 3.82. The Morgan fingerprint density at radius 3 is 2.81 bits per heavy atom. The van der Waals surface area contributed by atoms with Crippen LogP contribution in [-0.4, -0.2) is 18.3 Å². The van der Waals surface area contributed by atoms with Gasteiger partial charge in [-0.05, 0) is 18.2 Å². The highest BCUT2D eigenvalue weighted by atomic mass is 35.5. The number of carbonyl (C=O) groups is 1. The summed E-state index contributed by atoms with van der Waals surface area (Å²) in [4.78, 5) is 11.5. The van der Waals surface area contributed by atoms with Gasteiger partial charge >= 0.3 is 0 Å². The van der Waals surface area contributed by atoms with Crippen molar-refractivity contribution in [3.05, 3.63) is 46.8 Å². The molecule has 0 fully saturated rings. The van der Waals surface area contributed by atoms with Gasteiger partial charge in [0.15, 0.2) is 0 Å². The second-order valence-electron chi connectivity index (χ2n) is 2.96. The summed E-state index contributed by atoms with van der Waals surface area (Å²) < 4.78 is 12.8. The number of carbonyl (C=O) groups excluding carboxylic acids is 1. The van der Waals surface area contributed by atoms with E-state index in [1.807, 2.05) is 0 Å². The Labute approximate surface area is 103 Å². The predicted molar refractivity (Wildman–Crippen MR) is 63.6 cm³/mol. The van der Waals surface area contributed by atoms with Gasteiger partial charge in [-0.2, -0.15) is 0 Å². The fraction of sp³-hybridized carbons (Fsp3) is 0.182. The van der Waals surface area contributed by atoms with Crippen LogP contribution in [0.2, 0.25) is 5.02 Å². The third-order valence-corrected chi connectivity index (χ3v) is 2.29. The van der Waals surface area contributed by atoms with Crippen molar-refractivity contribution in [3.8, 4) is 0 Å². The Morgan fingerprint density at radius 2 is 2.19 bits per heavy atom. The fourth-order valence-corrected chi connectivity index (χ4v) is 1.34. The van der Waals surface area contributed by atoms with E-state index >= 15 is 0 Å². The lowest BCUT2D eigenvalue weighted by Gasteiger charge is -2.03. The lowest BCUT2D eigenvalue weighted by Crippen LogP contribution is -2.23. The van der Waals surface area contributed by atoms with Gasteiger partial charge in [0.1, 0.15) is 5.82 Å². The van der Waals surface area contributed by atoms with Crippen LogP contribution in [0, 0.1) is 5.82 Å². The average Bonchev–Trinajstić information content (AvgIpc) is 2.28. The van der Waals surface area contributed by atoms with Gasteiger partial charge in [-0.25, -0.2) is 4.39 Å². The first kappa shape index (κ1) is 13.0. The lowest BCUT2D eigenvalue weighted by molar-refractivity contribution is 0.0958. The molecule has 0 aliphatic heterocycles. The van der Waals surface area contributed by atoms with Gasteiger partial charge in [-0.1, -0.05) is 23.8 Å². The molecule has 1 aromatic carbocycles. The lowest BCUT2D eigenvalue weighted by atomic mass is 10.2. The van der Waals surface area contributed by atoms with Crippen LogP contribution in [-0.2, 0) is 0 Å². The Balaban J connectivity index is 2.59. The molecule has 0 saturated carbocycles. The summed E-state index contributed by atoms with van der Waals surface area (Å²) in [5, 5.41) is 2.55. The molecule has 2 nitrogen and oxygen atoms in total. The van der Waals surface area contributed by atoms with E-state index in [1.165, 1.54) is 12.1 Å². The zero-order chi connectivity index (χ0) is 12.0. The molecule has 0 unspecified atom stereocenters. The van der Waals surface area contributed by atoms with Crippen LogP contribution >= 0.6 is 23.2 Å². The molecule has 1 aromatic rings. The molecule has 86 valence electrons. The van der Waals surface area contributed by atoms with Gasteiger partial charge in [-0.3, -0.25) is 4.79 Å². The first-order valence-electron chi connectivity index (χ1n) is 4.59. The number of halogens is 3. The van der Waals surface area contributed by atoms with Gasteiger partial charge < -0.3 is 5.32 Å². The van der Waals surface area contributed by atoms with Gasteiger partial charge in [0, 0.05) is 18.0 Å². The van der Waals surface area contributed by atoms with Crippen LogP contribution in [0.15, 0.2) is 30.4 Å². The highest BCUT2D eigenvalue weighted by Crippen LogP contribution is 2.15. The summed E-state index contributed by atoms with van der Waals surface area (Å²) in [6.45, 7) is 0.376. The van der Waals surface area contributed by atoms with E-state index in [-0.39, 0.29) is 10.9 Å². The summed E-state index contributed by atoms with van der Waals surface area (Å²) in [5.41, 5.74) is 0.325. The Hall–Kier alpha value is -1.06. The maximum Gasteiger partial charge on any atom is 0.251 e. The van der Waals surface area contributed by atoms with E-state index in [4.69, 9.17) is 23.2 Å². The number of alkyl halides is 1. The SMILES string of the molecule is O=C(NC/C=C/CCl)c1ccc(F)c(Cl)c1. The van der Waals surface area contributed by atoms with E-state index in [2.05, 4.69) is 5.32 Å². The molecule has 1 N–H and O–H groups in total. The van der Waals surface area contributed by atoms with Gasteiger partial charge in [0.25, 0.3) is 5.91 Å². The molecule has 0 spiro atoms. The second kappa shape index (κ2) is 6.51. The van der Waals surface area contributed by atoms with Crippen LogP contribution in [0.5, 0.6) is 0 Å². The van der Waals surface area contributed by atoms with Gasteiger partial charge in [0.2, 0.25) is 0 Å². The van der Waals surface area contributed by atoms with Crippen molar-refractivity contribution in [1.82, 2.24) is 5.32 Å². The van der Waals surface area contributed by atoms with Gasteiger partial charge in [0.05, 0.1) is 5.02 Å². The summed E-state index contributed by atoms with van der Waals surface area (Å²) in [6.07, 6.45) is 3.45. The van der Waals surface area contributed by atoms with Crippen molar-refractivity contribution >= 4 is 29.1 Å². The molecular formula is C11H10Cl2FNO. The minimum Gasteiger partial charge on any atom is -0.349 e. The highest BCUT2D eigenvalue weighted by molar-refractivity contribution is 6.31. The van der Waals surface area contributed by atoms with E-state index in [0.717, 1.165) is 6.07 Å². The molecule has 1 amide bonds. The average molecular weight is 262 g/mol. The molecule has 0 aliphatic rings. The van der Waals surface area contributed by atoms with Crippen LogP contribution in [0.25, 0.3) is 0 Å². The van der Waals surface area contributed by atoms with E-state index in [9.17, 15) is 9.18 Å². The number of nitrogens with one attached hydrogen (secondary N) is 1. The molecule has 0 radical (unpaired) electrons. The van der Waals surface area contributed by atoms with Crippen LogP contribution in [0.3, 0.4) is 0 Å². The molecule has 0 heterocycles. The quantitative estimate of drug-likeness (QED) is 0.655. The Kier molecular flexibility index (Phi) is 5.29. The minimum atomic E-state index is -0.541. The maximum atomic E-state index is 12.8. The Morgan fingerprint density at radius 1 is 1.44 bits per heavy atom. The second-order valence-corrected chi connectivity index (χ2v) is 3.68. The van der Waals surface area contributed by atoms with Crippen LogP contribution in [0.1, 0.15) is 10.4 Å². The van der Waals surface area contributed by atoms with Crippen molar-refractivity contribution in [1.29, 1.82) is 0 Å². The van der Waals surface area contributed by atoms with E-state index in [1.54, 1.807) is 12.2 Å². The Bertz CT molecular complexity index is 407. The molecule has 0 atom stereocenters. The smallest absolute Gasteiger partial charge is 0.251 e. The standard InChI is InChI=1S/C11H10Cl2FNO/c12-5-1-2-6-15-11(16)8-3-4-10(14)9(13)7-8/h1-4,7H,5-6H2,(H,15,16)/b2-1+. The number of allylic oxidation sites excluding steroid dienone is 1. The molecule has 0 saturated heterocycles.